The first-order valence-electron chi connectivity index (χ1n) is 8.41. The number of amides is 1. The maximum Gasteiger partial charge on any atom is 0.227 e. The molecule has 1 N–H and O–H groups in total. The molecule has 4 nitrogen and oxygen atoms in total. The number of rotatable bonds is 6. The van der Waals surface area contributed by atoms with Crippen LogP contribution < -0.4 is 5.32 Å². The SMILES string of the molecule is O=C1NCCC[C@]12CCN(CCCOCc1ccccc1)C2. The van der Waals surface area contributed by atoms with Crippen LogP contribution in [0.5, 0.6) is 0 Å². The smallest absolute Gasteiger partial charge is 0.227 e. The van der Waals surface area contributed by atoms with E-state index in [1.165, 1.54) is 5.56 Å². The van der Waals surface area contributed by atoms with Crippen molar-refractivity contribution in [3.63, 3.8) is 0 Å². The highest BCUT2D eigenvalue weighted by molar-refractivity contribution is 5.83. The standard InChI is InChI=1S/C18H26N2O2/c21-17-18(8-4-10-19-17)9-12-20(15-18)11-5-13-22-14-16-6-2-1-3-7-16/h1-3,6-7H,4-5,8-15H2,(H,19,21)/t18-/m1/s1. The van der Waals surface area contributed by atoms with Crippen LogP contribution in [0.15, 0.2) is 30.3 Å². The Kier molecular flexibility index (Phi) is 5.11. The molecule has 1 amide bonds. The minimum atomic E-state index is -0.0941. The van der Waals surface area contributed by atoms with Gasteiger partial charge in [-0.25, -0.2) is 0 Å². The lowest BCUT2D eigenvalue weighted by molar-refractivity contribution is -0.132. The first kappa shape index (κ1) is 15.5. The van der Waals surface area contributed by atoms with Gasteiger partial charge in [-0.05, 0) is 37.8 Å². The van der Waals surface area contributed by atoms with Crippen molar-refractivity contribution < 1.29 is 9.53 Å². The molecular weight excluding hydrogens is 276 g/mol. The number of piperidine rings is 1. The first-order chi connectivity index (χ1) is 10.8. The third kappa shape index (κ3) is 3.68. The van der Waals surface area contributed by atoms with Crippen LogP contribution in [0.25, 0.3) is 0 Å². The molecule has 0 aromatic heterocycles. The Morgan fingerprint density at radius 3 is 2.91 bits per heavy atom. The predicted molar refractivity (Wildman–Crippen MR) is 86.4 cm³/mol. The molecule has 0 aliphatic carbocycles. The third-order valence-corrected chi connectivity index (χ3v) is 4.91. The highest BCUT2D eigenvalue weighted by Crippen LogP contribution is 2.37. The monoisotopic (exact) mass is 302 g/mol. The van der Waals surface area contributed by atoms with Crippen LogP contribution in [-0.4, -0.2) is 43.6 Å². The second-order valence-electron chi connectivity index (χ2n) is 6.56. The predicted octanol–water partition coefficient (Wildman–Crippen LogP) is 2.20. The van der Waals surface area contributed by atoms with Crippen LogP contribution in [0.1, 0.15) is 31.2 Å². The fourth-order valence-electron chi connectivity index (χ4n) is 3.62. The van der Waals surface area contributed by atoms with Gasteiger partial charge >= 0.3 is 0 Å². The van der Waals surface area contributed by atoms with E-state index in [0.29, 0.717) is 6.61 Å². The van der Waals surface area contributed by atoms with E-state index in [-0.39, 0.29) is 11.3 Å². The van der Waals surface area contributed by atoms with E-state index in [4.69, 9.17) is 4.74 Å². The summed E-state index contributed by atoms with van der Waals surface area (Å²) in [7, 11) is 0. The molecule has 2 aliphatic rings. The minimum absolute atomic E-state index is 0.0941. The Morgan fingerprint density at radius 2 is 2.09 bits per heavy atom. The fraction of sp³-hybridized carbons (Fsp3) is 0.611. The van der Waals surface area contributed by atoms with Crippen LogP contribution in [0, 0.1) is 5.41 Å². The van der Waals surface area contributed by atoms with Gasteiger partial charge in [0.2, 0.25) is 5.91 Å². The number of nitrogens with zero attached hydrogens (tertiary/aromatic N) is 1. The number of benzene rings is 1. The molecule has 1 aromatic rings. The lowest BCUT2D eigenvalue weighted by atomic mass is 9.79. The van der Waals surface area contributed by atoms with Crippen molar-refractivity contribution in [3.05, 3.63) is 35.9 Å². The number of carbonyl (C=O) groups excluding carboxylic acids is 1. The maximum absolute atomic E-state index is 12.1. The average molecular weight is 302 g/mol. The number of carbonyl (C=O) groups is 1. The number of nitrogens with one attached hydrogen (secondary N) is 1. The third-order valence-electron chi connectivity index (χ3n) is 4.91. The molecule has 2 aliphatic heterocycles. The zero-order valence-corrected chi connectivity index (χ0v) is 13.2. The Balaban J connectivity index is 1.34. The Morgan fingerprint density at radius 1 is 1.23 bits per heavy atom. The van der Waals surface area contributed by atoms with E-state index in [1.807, 2.05) is 18.2 Å². The molecule has 1 aromatic carbocycles. The van der Waals surface area contributed by atoms with Gasteiger partial charge in [-0.3, -0.25) is 4.79 Å². The summed E-state index contributed by atoms with van der Waals surface area (Å²) in [6.07, 6.45) is 4.23. The van der Waals surface area contributed by atoms with Crippen LogP contribution in [-0.2, 0) is 16.1 Å². The summed E-state index contributed by atoms with van der Waals surface area (Å²) < 4.78 is 5.73. The normalized spacial score (nSPS) is 25.5. The molecule has 2 heterocycles. The van der Waals surface area contributed by atoms with Gasteiger partial charge in [0, 0.05) is 26.2 Å². The lowest BCUT2D eigenvalue weighted by Crippen LogP contribution is -2.47. The molecular formula is C18H26N2O2. The van der Waals surface area contributed by atoms with E-state index >= 15 is 0 Å². The van der Waals surface area contributed by atoms with Crippen molar-refractivity contribution >= 4 is 5.91 Å². The van der Waals surface area contributed by atoms with Gasteiger partial charge in [0.25, 0.3) is 0 Å². The Bertz CT molecular complexity index is 491. The van der Waals surface area contributed by atoms with Crippen LogP contribution in [0.2, 0.25) is 0 Å². The van der Waals surface area contributed by atoms with Gasteiger partial charge in [0.1, 0.15) is 0 Å². The van der Waals surface area contributed by atoms with Crippen molar-refractivity contribution in [2.75, 3.05) is 32.8 Å². The van der Waals surface area contributed by atoms with E-state index in [9.17, 15) is 4.79 Å². The Labute approximate surface area is 132 Å². The zero-order valence-electron chi connectivity index (χ0n) is 13.2. The molecule has 2 saturated heterocycles. The molecule has 0 bridgehead atoms. The molecule has 1 atom stereocenters. The molecule has 2 fully saturated rings. The van der Waals surface area contributed by atoms with Crippen LogP contribution in [0.4, 0.5) is 0 Å². The lowest BCUT2D eigenvalue weighted by Gasteiger charge is -2.32. The highest BCUT2D eigenvalue weighted by atomic mass is 16.5. The number of hydrogen-bond donors (Lipinski definition) is 1. The van der Waals surface area contributed by atoms with Gasteiger partial charge in [-0.2, -0.15) is 0 Å². The highest BCUT2D eigenvalue weighted by Gasteiger charge is 2.45. The topological polar surface area (TPSA) is 41.6 Å². The molecule has 120 valence electrons. The van der Waals surface area contributed by atoms with Crippen molar-refractivity contribution in [1.82, 2.24) is 10.2 Å². The molecule has 0 radical (unpaired) electrons. The second-order valence-corrected chi connectivity index (χ2v) is 6.56. The summed E-state index contributed by atoms with van der Waals surface area (Å²) >= 11 is 0. The van der Waals surface area contributed by atoms with Crippen LogP contribution in [0.3, 0.4) is 0 Å². The summed E-state index contributed by atoms with van der Waals surface area (Å²) in [4.78, 5) is 14.6. The quantitative estimate of drug-likeness (QED) is 0.819. The van der Waals surface area contributed by atoms with Gasteiger partial charge < -0.3 is 15.0 Å². The molecule has 0 unspecified atom stereocenters. The molecule has 22 heavy (non-hydrogen) atoms. The molecule has 0 saturated carbocycles. The number of ether oxygens (including phenoxy) is 1. The van der Waals surface area contributed by atoms with Gasteiger partial charge in [0.15, 0.2) is 0 Å². The molecule has 1 spiro atoms. The Hall–Kier alpha value is -1.39. The van der Waals surface area contributed by atoms with Crippen molar-refractivity contribution in [1.29, 1.82) is 0 Å². The fourth-order valence-corrected chi connectivity index (χ4v) is 3.62. The molecule has 4 heteroatoms. The zero-order chi connectivity index (χ0) is 15.3. The number of hydrogen-bond acceptors (Lipinski definition) is 3. The molecule has 3 rings (SSSR count). The second kappa shape index (κ2) is 7.25. The van der Waals surface area contributed by atoms with E-state index in [1.54, 1.807) is 0 Å². The van der Waals surface area contributed by atoms with Gasteiger partial charge in [0.05, 0.1) is 12.0 Å². The van der Waals surface area contributed by atoms with Gasteiger partial charge in [-0.15, -0.1) is 0 Å². The number of likely N-dealkylation sites (tertiary alicyclic amines) is 1. The summed E-state index contributed by atoms with van der Waals surface area (Å²) in [5.74, 6) is 0.279. The van der Waals surface area contributed by atoms with E-state index < -0.39 is 0 Å². The largest absolute Gasteiger partial charge is 0.377 e. The first-order valence-corrected chi connectivity index (χ1v) is 8.41. The summed E-state index contributed by atoms with van der Waals surface area (Å²) in [5.41, 5.74) is 1.13. The summed E-state index contributed by atoms with van der Waals surface area (Å²) in [5, 5.41) is 3.04. The van der Waals surface area contributed by atoms with Crippen LogP contribution >= 0.6 is 0 Å². The average Bonchev–Trinajstić information content (AvgIpc) is 2.95. The van der Waals surface area contributed by atoms with Crippen molar-refractivity contribution in [3.8, 4) is 0 Å². The maximum atomic E-state index is 12.1. The van der Waals surface area contributed by atoms with Gasteiger partial charge in [-0.1, -0.05) is 30.3 Å². The summed E-state index contributed by atoms with van der Waals surface area (Å²) in [6.45, 7) is 5.33. The summed E-state index contributed by atoms with van der Waals surface area (Å²) in [6, 6.07) is 10.3. The van der Waals surface area contributed by atoms with E-state index in [2.05, 4.69) is 22.3 Å². The van der Waals surface area contributed by atoms with E-state index in [0.717, 1.165) is 58.5 Å². The minimum Gasteiger partial charge on any atom is -0.377 e. The van der Waals surface area contributed by atoms with Crippen molar-refractivity contribution in [2.45, 2.75) is 32.3 Å². The van der Waals surface area contributed by atoms with Crippen molar-refractivity contribution in [2.24, 2.45) is 5.41 Å².